The Labute approximate surface area is 122 Å². The molecule has 0 aliphatic carbocycles. The molecule has 0 unspecified atom stereocenters. The number of hydrogen-bond donors (Lipinski definition) is 1. The molecule has 0 spiro atoms. The summed E-state index contributed by atoms with van der Waals surface area (Å²) in [7, 11) is 0. The first-order chi connectivity index (χ1) is 9.08. The molecule has 1 saturated heterocycles. The Kier molecular flexibility index (Phi) is 4.87. The first kappa shape index (κ1) is 14.4. The third kappa shape index (κ3) is 3.98. The second-order valence-corrected chi connectivity index (χ2v) is 5.66. The molecular weight excluding hydrogens is 284 g/mol. The summed E-state index contributed by atoms with van der Waals surface area (Å²) in [5.74, 6) is 0.902. The molecule has 1 amide bonds. The summed E-state index contributed by atoms with van der Waals surface area (Å²) in [6.45, 7) is 3.29. The Bertz CT molecular complexity index is 463. The Hall–Kier alpha value is -1.01. The van der Waals surface area contributed by atoms with Gasteiger partial charge in [-0.25, -0.2) is 9.97 Å². The minimum Gasteiger partial charge on any atom is -0.356 e. The van der Waals surface area contributed by atoms with Gasteiger partial charge in [0.2, 0.25) is 5.91 Å². The van der Waals surface area contributed by atoms with Crippen LogP contribution in [0.2, 0.25) is 5.15 Å². The monoisotopic (exact) mass is 300 g/mol. The van der Waals surface area contributed by atoms with Crippen LogP contribution in [0.5, 0.6) is 0 Å². The van der Waals surface area contributed by atoms with Crippen LogP contribution < -0.4 is 10.2 Å². The maximum absolute atomic E-state index is 11.0. The van der Waals surface area contributed by atoms with Gasteiger partial charge in [-0.15, -0.1) is 0 Å². The maximum Gasteiger partial charge on any atom is 0.217 e. The van der Waals surface area contributed by atoms with Crippen molar-refractivity contribution in [2.24, 2.45) is 0 Å². The molecular formula is C12H17ClN4OS. The van der Waals surface area contributed by atoms with E-state index >= 15 is 0 Å². The summed E-state index contributed by atoms with van der Waals surface area (Å²) >= 11 is 7.48. The molecule has 1 aliphatic rings. The average Bonchev–Trinajstić information content (AvgIpc) is 2.38. The van der Waals surface area contributed by atoms with E-state index in [-0.39, 0.29) is 11.9 Å². The quantitative estimate of drug-likeness (QED) is 0.525. The number of amides is 1. The molecule has 1 aliphatic heterocycles. The molecule has 2 heterocycles. The molecule has 0 atom stereocenters. The summed E-state index contributed by atoms with van der Waals surface area (Å²) in [4.78, 5) is 21.8. The predicted molar refractivity (Wildman–Crippen MR) is 77.9 cm³/mol. The lowest BCUT2D eigenvalue weighted by Crippen LogP contribution is -2.44. The zero-order valence-corrected chi connectivity index (χ0v) is 12.6. The van der Waals surface area contributed by atoms with Gasteiger partial charge in [-0.05, 0) is 19.1 Å². The van der Waals surface area contributed by atoms with Crippen molar-refractivity contribution in [3.8, 4) is 0 Å². The standard InChI is InChI=1S/C12H17ClN4OS/c1-8(18)14-9-3-5-17(6-4-9)11-7-10(13)15-12(16-11)19-2/h7,9H,3-6H2,1-2H3,(H,14,18). The molecule has 104 valence electrons. The normalized spacial score (nSPS) is 16.5. The lowest BCUT2D eigenvalue weighted by atomic mass is 10.1. The van der Waals surface area contributed by atoms with Crippen LogP contribution in [0.1, 0.15) is 19.8 Å². The number of aromatic nitrogens is 2. The highest BCUT2D eigenvalue weighted by Gasteiger charge is 2.21. The van der Waals surface area contributed by atoms with Gasteiger partial charge in [0.1, 0.15) is 11.0 Å². The molecule has 1 fully saturated rings. The van der Waals surface area contributed by atoms with Gasteiger partial charge in [0.15, 0.2) is 5.16 Å². The maximum atomic E-state index is 11.0. The van der Waals surface area contributed by atoms with Gasteiger partial charge in [-0.1, -0.05) is 23.4 Å². The lowest BCUT2D eigenvalue weighted by Gasteiger charge is -2.33. The molecule has 0 radical (unpaired) electrons. The van der Waals surface area contributed by atoms with E-state index < -0.39 is 0 Å². The SMILES string of the molecule is CSc1nc(Cl)cc(N2CCC(NC(C)=O)CC2)n1. The fourth-order valence-electron chi connectivity index (χ4n) is 2.18. The second kappa shape index (κ2) is 6.43. The summed E-state index contributed by atoms with van der Waals surface area (Å²) in [5.41, 5.74) is 0. The van der Waals surface area contributed by atoms with Crippen molar-refractivity contribution in [1.29, 1.82) is 0 Å². The van der Waals surface area contributed by atoms with Gasteiger partial charge in [0.25, 0.3) is 0 Å². The van der Waals surface area contributed by atoms with Crippen LogP contribution in [0.3, 0.4) is 0 Å². The average molecular weight is 301 g/mol. The van der Waals surface area contributed by atoms with Gasteiger partial charge in [0, 0.05) is 32.1 Å². The number of anilines is 1. The van der Waals surface area contributed by atoms with Crippen molar-refractivity contribution in [2.45, 2.75) is 31.0 Å². The van der Waals surface area contributed by atoms with Crippen molar-refractivity contribution in [1.82, 2.24) is 15.3 Å². The second-order valence-electron chi connectivity index (χ2n) is 4.50. The topological polar surface area (TPSA) is 58.1 Å². The highest BCUT2D eigenvalue weighted by molar-refractivity contribution is 7.98. The van der Waals surface area contributed by atoms with E-state index in [4.69, 9.17) is 11.6 Å². The van der Waals surface area contributed by atoms with Crippen molar-refractivity contribution in [2.75, 3.05) is 24.2 Å². The molecule has 0 saturated carbocycles. The zero-order valence-electron chi connectivity index (χ0n) is 11.0. The van der Waals surface area contributed by atoms with E-state index in [9.17, 15) is 4.79 Å². The Morgan fingerprint density at radius 1 is 1.47 bits per heavy atom. The number of hydrogen-bond acceptors (Lipinski definition) is 5. The molecule has 1 aromatic rings. The molecule has 7 heteroatoms. The van der Waals surface area contributed by atoms with Crippen LogP contribution in [0.25, 0.3) is 0 Å². The van der Waals surface area contributed by atoms with E-state index in [0.717, 1.165) is 31.7 Å². The van der Waals surface area contributed by atoms with E-state index in [2.05, 4.69) is 20.2 Å². The van der Waals surface area contributed by atoms with Gasteiger partial charge in [-0.2, -0.15) is 0 Å². The first-order valence-electron chi connectivity index (χ1n) is 6.19. The van der Waals surface area contributed by atoms with Crippen molar-refractivity contribution in [3.05, 3.63) is 11.2 Å². The van der Waals surface area contributed by atoms with Crippen molar-refractivity contribution in [3.63, 3.8) is 0 Å². The van der Waals surface area contributed by atoms with E-state index in [1.54, 1.807) is 13.0 Å². The van der Waals surface area contributed by atoms with Crippen LogP contribution in [-0.2, 0) is 4.79 Å². The fourth-order valence-corrected chi connectivity index (χ4v) is 2.78. The molecule has 1 N–H and O–H groups in total. The van der Waals surface area contributed by atoms with E-state index in [0.29, 0.717) is 10.3 Å². The highest BCUT2D eigenvalue weighted by atomic mass is 35.5. The molecule has 19 heavy (non-hydrogen) atoms. The number of nitrogens with one attached hydrogen (secondary N) is 1. The number of piperidine rings is 1. The first-order valence-corrected chi connectivity index (χ1v) is 7.79. The number of carbonyl (C=O) groups is 1. The third-order valence-electron chi connectivity index (χ3n) is 3.07. The van der Waals surface area contributed by atoms with Crippen LogP contribution in [0.4, 0.5) is 5.82 Å². The van der Waals surface area contributed by atoms with Crippen LogP contribution in [0.15, 0.2) is 11.2 Å². The third-order valence-corrected chi connectivity index (χ3v) is 3.81. The van der Waals surface area contributed by atoms with E-state index in [1.807, 2.05) is 6.26 Å². The summed E-state index contributed by atoms with van der Waals surface area (Å²) in [6, 6.07) is 2.06. The summed E-state index contributed by atoms with van der Waals surface area (Å²) in [6.07, 6.45) is 3.78. The van der Waals surface area contributed by atoms with Gasteiger partial charge >= 0.3 is 0 Å². The minimum atomic E-state index is 0.0354. The number of thioether (sulfide) groups is 1. The summed E-state index contributed by atoms with van der Waals surface area (Å²) in [5, 5.41) is 4.12. The van der Waals surface area contributed by atoms with E-state index in [1.165, 1.54) is 11.8 Å². The number of carbonyl (C=O) groups excluding carboxylic acids is 1. The number of rotatable bonds is 3. The molecule has 2 rings (SSSR count). The number of nitrogens with zero attached hydrogens (tertiary/aromatic N) is 3. The summed E-state index contributed by atoms with van der Waals surface area (Å²) < 4.78 is 0. The smallest absolute Gasteiger partial charge is 0.217 e. The Balaban J connectivity index is 2.01. The highest BCUT2D eigenvalue weighted by Crippen LogP contribution is 2.23. The molecule has 1 aromatic heterocycles. The molecule has 0 aromatic carbocycles. The predicted octanol–water partition coefficient (Wildman–Crippen LogP) is 1.96. The van der Waals surface area contributed by atoms with Crippen LogP contribution in [-0.4, -0.2) is 41.3 Å². The number of halogens is 1. The zero-order chi connectivity index (χ0) is 13.8. The van der Waals surface area contributed by atoms with Gasteiger partial charge in [-0.3, -0.25) is 4.79 Å². The van der Waals surface area contributed by atoms with Crippen LogP contribution >= 0.6 is 23.4 Å². The van der Waals surface area contributed by atoms with Gasteiger partial charge in [0.05, 0.1) is 0 Å². The molecule has 0 bridgehead atoms. The van der Waals surface area contributed by atoms with Gasteiger partial charge < -0.3 is 10.2 Å². The largest absolute Gasteiger partial charge is 0.356 e. The lowest BCUT2D eigenvalue weighted by molar-refractivity contribution is -0.119. The van der Waals surface area contributed by atoms with Crippen molar-refractivity contribution >= 4 is 35.1 Å². The van der Waals surface area contributed by atoms with Crippen LogP contribution in [0, 0.1) is 0 Å². The Morgan fingerprint density at radius 2 is 2.16 bits per heavy atom. The molecule has 5 nitrogen and oxygen atoms in total. The Morgan fingerprint density at radius 3 is 2.74 bits per heavy atom. The van der Waals surface area contributed by atoms with Crippen molar-refractivity contribution < 1.29 is 4.79 Å². The fraction of sp³-hybridized carbons (Fsp3) is 0.583. The minimum absolute atomic E-state index is 0.0354.